The minimum absolute atomic E-state index is 0.0530. The molecule has 2 N–H and O–H groups in total. The summed E-state index contributed by atoms with van der Waals surface area (Å²) in [5, 5.41) is 4.34. The monoisotopic (exact) mass is 380 g/mol. The second-order valence-corrected chi connectivity index (χ2v) is 6.92. The molecule has 3 aromatic rings. The number of methoxy groups -OCH3 is 3. The molecule has 1 aliphatic carbocycles. The first-order valence-corrected chi connectivity index (χ1v) is 9.36. The van der Waals surface area contributed by atoms with Gasteiger partial charge in [0, 0.05) is 22.2 Å². The van der Waals surface area contributed by atoms with Crippen molar-refractivity contribution in [2.75, 3.05) is 21.3 Å². The van der Waals surface area contributed by atoms with E-state index in [9.17, 15) is 4.79 Å². The Morgan fingerprint density at radius 2 is 1.86 bits per heavy atom. The van der Waals surface area contributed by atoms with Gasteiger partial charge in [-0.25, -0.2) is 0 Å². The number of aryl methyl sites for hydroxylation is 1. The Hall–Kier alpha value is -3.15. The molecule has 0 bridgehead atoms. The van der Waals surface area contributed by atoms with Crippen molar-refractivity contribution in [3.05, 3.63) is 53.2 Å². The van der Waals surface area contributed by atoms with Crippen molar-refractivity contribution in [3.8, 4) is 17.2 Å². The molecule has 2 aromatic carbocycles. The van der Waals surface area contributed by atoms with Gasteiger partial charge in [-0.15, -0.1) is 0 Å². The molecule has 0 spiro atoms. The SMILES string of the molecule is COc1ccc2[nH]c3c(c2c1)CCC[C@@H]3NC(=O)c1ccc(OC)c(OC)c1. The molecule has 4 rings (SSSR count). The molecule has 0 radical (unpaired) electrons. The lowest BCUT2D eigenvalue weighted by atomic mass is 9.91. The highest BCUT2D eigenvalue weighted by Crippen LogP contribution is 2.36. The fourth-order valence-corrected chi connectivity index (χ4v) is 3.93. The molecular weight excluding hydrogens is 356 g/mol. The quantitative estimate of drug-likeness (QED) is 0.702. The highest BCUT2D eigenvalue weighted by Gasteiger charge is 2.26. The average Bonchev–Trinajstić information content (AvgIpc) is 3.12. The summed E-state index contributed by atoms with van der Waals surface area (Å²) < 4.78 is 15.9. The Balaban J connectivity index is 1.62. The van der Waals surface area contributed by atoms with Crippen LogP contribution in [0, 0.1) is 0 Å². The number of fused-ring (bicyclic) bond motifs is 3. The number of nitrogens with one attached hydrogen (secondary N) is 2. The van der Waals surface area contributed by atoms with Gasteiger partial charge in [-0.2, -0.15) is 0 Å². The van der Waals surface area contributed by atoms with Crippen molar-refractivity contribution in [1.29, 1.82) is 0 Å². The Morgan fingerprint density at radius 1 is 1.04 bits per heavy atom. The summed E-state index contributed by atoms with van der Waals surface area (Å²) >= 11 is 0. The third-order valence-corrected chi connectivity index (χ3v) is 5.37. The van der Waals surface area contributed by atoms with Gasteiger partial charge in [0.25, 0.3) is 5.91 Å². The van der Waals surface area contributed by atoms with Gasteiger partial charge in [0.15, 0.2) is 11.5 Å². The highest BCUT2D eigenvalue weighted by molar-refractivity contribution is 5.95. The van der Waals surface area contributed by atoms with Gasteiger partial charge >= 0.3 is 0 Å². The number of benzene rings is 2. The fraction of sp³-hybridized carbons (Fsp3) is 0.318. The number of hydrogen-bond donors (Lipinski definition) is 2. The molecule has 1 heterocycles. The van der Waals surface area contributed by atoms with Crippen molar-refractivity contribution in [2.45, 2.75) is 25.3 Å². The molecular formula is C22H24N2O4. The third-order valence-electron chi connectivity index (χ3n) is 5.37. The molecule has 0 fully saturated rings. The minimum Gasteiger partial charge on any atom is -0.497 e. The summed E-state index contributed by atoms with van der Waals surface area (Å²) in [6.45, 7) is 0. The van der Waals surface area contributed by atoms with Crippen molar-refractivity contribution in [1.82, 2.24) is 10.3 Å². The maximum absolute atomic E-state index is 12.9. The molecule has 1 aromatic heterocycles. The Morgan fingerprint density at radius 3 is 2.61 bits per heavy atom. The molecule has 146 valence electrons. The zero-order chi connectivity index (χ0) is 19.7. The number of ether oxygens (including phenoxy) is 3. The van der Waals surface area contributed by atoms with Gasteiger partial charge in [-0.05, 0) is 61.2 Å². The molecule has 28 heavy (non-hydrogen) atoms. The first kappa shape index (κ1) is 18.2. The van der Waals surface area contributed by atoms with E-state index >= 15 is 0 Å². The van der Waals surface area contributed by atoms with E-state index < -0.39 is 0 Å². The summed E-state index contributed by atoms with van der Waals surface area (Å²) in [5.74, 6) is 1.85. The molecule has 0 saturated heterocycles. The van der Waals surface area contributed by atoms with Crippen molar-refractivity contribution in [2.24, 2.45) is 0 Å². The number of carbonyl (C=O) groups excluding carboxylic acids is 1. The van der Waals surface area contributed by atoms with Crippen LogP contribution in [0.4, 0.5) is 0 Å². The molecule has 1 aliphatic rings. The van der Waals surface area contributed by atoms with Gasteiger partial charge in [0.1, 0.15) is 5.75 Å². The number of amides is 1. The lowest BCUT2D eigenvalue weighted by Gasteiger charge is -2.24. The van der Waals surface area contributed by atoms with E-state index in [1.165, 1.54) is 10.9 Å². The molecule has 1 atom stereocenters. The zero-order valence-corrected chi connectivity index (χ0v) is 16.3. The largest absolute Gasteiger partial charge is 0.497 e. The number of aromatic nitrogens is 1. The van der Waals surface area contributed by atoms with Gasteiger partial charge in [0.05, 0.1) is 27.4 Å². The van der Waals surface area contributed by atoms with Crippen LogP contribution in [0.2, 0.25) is 0 Å². The topological polar surface area (TPSA) is 72.6 Å². The van der Waals surface area contributed by atoms with Crippen LogP contribution in [0.15, 0.2) is 36.4 Å². The van der Waals surface area contributed by atoms with Crippen molar-refractivity contribution in [3.63, 3.8) is 0 Å². The third kappa shape index (κ3) is 3.15. The van der Waals surface area contributed by atoms with E-state index in [4.69, 9.17) is 14.2 Å². The molecule has 6 heteroatoms. The second-order valence-electron chi connectivity index (χ2n) is 6.92. The number of carbonyl (C=O) groups is 1. The average molecular weight is 380 g/mol. The maximum atomic E-state index is 12.9. The normalized spacial score (nSPS) is 15.8. The van der Waals surface area contributed by atoms with E-state index in [0.717, 1.165) is 36.2 Å². The molecule has 0 aliphatic heterocycles. The van der Waals surface area contributed by atoms with Crippen LogP contribution in [0.25, 0.3) is 10.9 Å². The van der Waals surface area contributed by atoms with Gasteiger partial charge in [0.2, 0.25) is 0 Å². The molecule has 0 unspecified atom stereocenters. The summed E-state index contributed by atoms with van der Waals surface area (Å²) in [6, 6.07) is 11.2. The predicted octanol–water partition coefficient (Wildman–Crippen LogP) is 4.00. The van der Waals surface area contributed by atoms with Crippen LogP contribution in [-0.4, -0.2) is 32.2 Å². The second kappa shape index (κ2) is 7.46. The van der Waals surface area contributed by atoms with E-state index in [1.54, 1.807) is 39.5 Å². The van der Waals surface area contributed by atoms with Gasteiger partial charge < -0.3 is 24.5 Å². The summed E-state index contributed by atoms with van der Waals surface area (Å²) in [7, 11) is 4.81. The molecule has 6 nitrogen and oxygen atoms in total. The van der Waals surface area contributed by atoms with Crippen LogP contribution in [0.3, 0.4) is 0 Å². The van der Waals surface area contributed by atoms with E-state index in [0.29, 0.717) is 17.1 Å². The first-order valence-electron chi connectivity index (χ1n) is 9.36. The van der Waals surface area contributed by atoms with Crippen LogP contribution in [0.1, 0.15) is 40.5 Å². The summed E-state index contributed by atoms with van der Waals surface area (Å²) in [4.78, 5) is 16.4. The van der Waals surface area contributed by atoms with E-state index in [-0.39, 0.29) is 11.9 Å². The van der Waals surface area contributed by atoms with Crippen LogP contribution in [0.5, 0.6) is 17.2 Å². The predicted molar refractivity (Wildman–Crippen MR) is 108 cm³/mol. The maximum Gasteiger partial charge on any atom is 0.251 e. The lowest BCUT2D eigenvalue weighted by Crippen LogP contribution is -2.31. The standard InChI is InChI=1S/C22H24N2O4/c1-26-14-8-9-17-16(12-14)15-5-4-6-18(21(15)23-17)24-22(25)13-7-10-19(27-2)20(11-13)28-3/h7-12,18,23H,4-6H2,1-3H3,(H,24,25)/t18-/m0/s1. The Bertz CT molecular complexity index is 1020. The number of H-pyrrole nitrogens is 1. The Kier molecular flexibility index (Phi) is 4.86. The van der Waals surface area contributed by atoms with Crippen LogP contribution >= 0.6 is 0 Å². The van der Waals surface area contributed by atoms with Crippen molar-refractivity contribution >= 4 is 16.8 Å². The number of aromatic amines is 1. The molecule has 1 amide bonds. The van der Waals surface area contributed by atoms with E-state index in [1.807, 2.05) is 12.1 Å². The smallest absolute Gasteiger partial charge is 0.251 e. The van der Waals surface area contributed by atoms with Gasteiger partial charge in [-0.3, -0.25) is 4.79 Å². The van der Waals surface area contributed by atoms with Crippen LogP contribution in [-0.2, 0) is 6.42 Å². The number of rotatable bonds is 5. The summed E-state index contributed by atoms with van der Waals surface area (Å²) in [6.07, 6.45) is 2.91. The minimum atomic E-state index is -0.130. The van der Waals surface area contributed by atoms with Crippen LogP contribution < -0.4 is 19.5 Å². The zero-order valence-electron chi connectivity index (χ0n) is 16.3. The number of hydrogen-bond acceptors (Lipinski definition) is 4. The first-order chi connectivity index (χ1) is 13.6. The Labute approximate surface area is 163 Å². The van der Waals surface area contributed by atoms with Crippen molar-refractivity contribution < 1.29 is 19.0 Å². The lowest BCUT2D eigenvalue weighted by molar-refractivity contribution is 0.0931. The molecule has 0 saturated carbocycles. The fourth-order valence-electron chi connectivity index (χ4n) is 3.93. The highest BCUT2D eigenvalue weighted by atomic mass is 16.5. The van der Waals surface area contributed by atoms with Gasteiger partial charge in [-0.1, -0.05) is 0 Å². The summed E-state index contributed by atoms with van der Waals surface area (Å²) in [5.41, 5.74) is 3.96. The van der Waals surface area contributed by atoms with E-state index in [2.05, 4.69) is 16.4 Å².